The van der Waals surface area contributed by atoms with Crippen molar-refractivity contribution < 1.29 is 13.2 Å². The highest BCUT2D eigenvalue weighted by Gasteiger charge is 2.16. The molecule has 0 radical (unpaired) electrons. The molecule has 0 fully saturated rings. The van der Waals surface area contributed by atoms with Crippen LogP contribution in [0.5, 0.6) is 0 Å². The fourth-order valence-electron chi connectivity index (χ4n) is 2.92. The van der Waals surface area contributed by atoms with Gasteiger partial charge < -0.3 is 5.32 Å². The van der Waals surface area contributed by atoms with E-state index in [1.807, 2.05) is 36.7 Å². The Kier molecular flexibility index (Phi) is 5.35. The molecule has 1 heterocycles. The van der Waals surface area contributed by atoms with Gasteiger partial charge in [-0.25, -0.2) is 17.8 Å². The van der Waals surface area contributed by atoms with E-state index in [4.69, 9.17) is 0 Å². The first-order chi connectivity index (χ1) is 13.2. The first-order valence-electron chi connectivity index (χ1n) is 8.70. The third-order valence-electron chi connectivity index (χ3n) is 4.39. The van der Waals surface area contributed by atoms with Crippen LogP contribution in [0.4, 0.5) is 5.69 Å². The molecule has 28 heavy (non-hydrogen) atoms. The highest BCUT2D eigenvalue weighted by atomic mass is 32.2. The summed E-state index contributed by atoms with van der Waals surface area (Å²) in [6, 6.07) is 13.8. The zero-order valence-corrected chi connectivity index (χ0v) is 17.0. The molecule has 8 heteroatoms. The van der Waals surface area contributed by atoms with E-state index in [2.05, 4.69) is 15.1 Å². The molecule has 0 bridgehead atoms. The molecular formula is C20H22N4O3S. The maximum atomic E-state index is 12.5. The molecule has 0 aliphatic carbocycles. The van der Waals surface area contributed by atoms with Gasteiger partial charge in [0.25, 0.3) is 5.91 Å². The quantitative estimate of drug-likeness (QED) is 0.691. The summed E-state index contributed by atoms with van der Waals surface area (Å²) in [6.07, 6.45) is 0. The topological polar surface area (TPSA) is 93.1 Å². The minimum Gasteiger partial charge on any atom is -0.322 e. The van der Waals surface area contributed by atoms with E-state index in [0.717, 1.165) is 17.1 Å². The largest absolute Gasteiger partial charge is 0.322 e. The van der Waals surface area contributed by atoms with E-state index < -0.39 is 10.0 Å². The lowest BCUT2D eigenvalue weighted by molar-refractivity contribution is 0.102. The SMILES string of the molecule is CNS(=O)(=O)c1cc(NC(=O)c2ccc(-n3nc(C)cc3C)cc2)ccc1C. The molecule has 0 spiro atoms. The molecule has 0 saturated heterocycles. The molecule has 7 nitrogen and oxygen atoms in total. The fraction of sp³-hybridized carbons (Fsp3) is 0.200. The molecule has 1 amide bonds. The van der Waals surface area contributed by atoms with Crippen LogP contribution >= 0.6 is 0 Å². The second kappa shape index (κ2) is 7.57. The van der Waals surface area contributed by atoms with Crippen molar-refractivity contribution in [2.45, 2.75) is 25.7 Å². The van der Waals surface area contributed by atoms with Gasteiger partial charge in [0.2, 0.25) is 10.0 Å². The van der Waals surface area contributed by atoms with E-state index in [0.29, 0.717) is 16.8 Å². The predicted octanol–water partition coefficient (Wildman–Crippen LogP) is 2.96. The molecule has 3 rings (SSSR count). The van der Waals surface area contributed by atoms with Gasteiger partial charge in [0.1, 0.15) is 0 Å². The molecule has 1 aromatic heterocycles. The van der Waals surface area contributed by atoms with Gasteiger partial charge in [-0.05, 0) is 75.8 Å². The lowest BCUT2D eigenvalue weighted by Gasteiger charge is -2.11. The number of benzene rings is 2. The first-order valence-corrected chi connectivity index (χ1v) is 10.2. The summed E-state index contributed by atoms with van der Waals surface area (Å²) < 4.78 is 28.3. The Hall–Kier alpha value is -2.97. The van der Waals surface area contributed by atoms with Crippen molar-refractivity contribution in [3.8, 4) is 5.69 Å². The minimum absolute atomic E-state index is 0.132. The average molecular weight is 398 g/mol. The Bertz CT molecular complexity index is 1130. The number of rotatable bonds is 5. The van der Waals surface area contributed by atoms with Crippen LogP contribution in [-0.4, -0.2) is 31.2 Å². The molecule has 0 atom stereocenters. The van der Waals surface area contributed by atoms with Gasteiger partial charge in [0.15, 0.2) is 0 Å². The van der Waals surface area contributed by atoms with Gasteiger partial charge in [-0.1, -0.05) is 6.07 Å². The molecule has 0 aliphatic rings. The van der Waals surface area contributed by atoms with Crippen LogP contribution in [0.15, 0.2) is 53.4 Å². The third-order valence-corrected chi connectivity index (χ3v) is 5.94. The molecule has 3 aromatic rings. The number of nitrogens with one attached hydrogen (secondary N) is 2. The molecule has 0 saturated carbocycles. The van der Waals surface area contributed by atoms with Crippen LogP contribution in [-0.2, 0) is 10.0 Å². The van der Waals surface area contributed by atoms with E-state index in [1.165, 1.54) is 13.1 Å². The number of nitrogens with zero attached hydrogens (tertiary/aromatic N) is 2. The van der Waals surface area contributed by atoms with Crippen molar-refractivity contribution in [2.24, 2.45) is 0 Å². The number of amides is 1. The van der Waals surface area contributed by atoms with Crippen molar-refractivity contribution in [1.29, 1.82) is 0 Å². The van der Waals surface area contributed by atoms with Gasteiger partial charge in [-0.15, -0.1) is 0 Å². The second-order valence-electron chi connectivity index (χ2n) is 6.53. The molecule has 2 aromatic carbocycles. The highest BCUT2D eigenvalue weighted by Crippen LogP contribution is 2.21. The Balaban J connectivity index is 1.82. The zero-order chi connectivity index (χ0) is 20.5. The van der Waals surface area contributed by atoms with Gasteiger partial charge in [-0.2, -0.15) is 5.10 Å². The monoisotopic (exact) mass is 398 g/mol. The summed E-state index contributed by atoms with van der Waals surface area (Å²) in [6.45, 7) is 5.59. The van der Waals surface area contributed by atoms with Crippen molar-refractivity contribution in [3.63, 3.8) is 0 Å². The first kappa shape index (κ1) is 19.8. The Morgan fingerprint density at radius 3 is 2.25 bits per heavy atom. The fourth-order valence-corrected chi connectivity index (χ4v) is 3.92. The lowest BCUT2D eigenvalue weighted by atomic mass is 10.1. The average Bonchev–Trinajstić information content (AvgIpc) is 3.01. The summed E-state index contributed by atoms with van der Waals surface area (Å²) in [5.74, 6) is -0.323. The number of sulfonamides is 1. The number of aryl methyl sites for hydroxylation is 3. The minimum atomic E-state index is -3.60. The molecule has 146 valence electrons. The van der Waals surface area contributed by atoms with Crippen LogP contribution < -0.4 is 10.0 Å². The second-order valence-corrected chi connectivity index (χ2v) is 8.38. The lowest BCUT2D eigenvalue weighted by Crippen LogP contribution is -2.20. The van der Waals surface area contributed by atoms with Crippen LogP contribution in [0, 0.1) is 20.8 Å². The Morgan fingerprint density at radius 2 is 1.68 bits per heavy atom. The third kappa shape index (κ3) is 3.97. The standard InChI is InChI=1S/C20H22N4O3S/c1-13-5-8-17(12-19(13)28(26,27)21-4)22-20(25)16-6-9-18(10-7-16)24-15(3)11-14(2)23-24/h5-12,21H,1-4H3,(H,22,25). The number of hydrogen-bond donors (Lipinski definition) is 2. The molecular weight excluding hydrogens is 376 g/mol. The van der Waals surface area contributed by atoms with Gasteiger partial charge >= 0.3 is 0 Å². The predicted molar refractivity (Wildman–Crippen MR) is 108 cm³/mol. The number of aromatic nitrogens is 2. The van der Waals surface area contributed by atoms with Gasteiger partial charge in [-0.3, -0.25) is 4.79 Å². The number of carbonyl (C=O) groups excluding carboxylic acids is 1. The normalized spacial score (nSPS) is 11.4. The summed E-state index contributed by atoms with van der Waals surface area (Å²) in [5, 5.41) is 7.17. The van der Waals surface area contributed by atoms with Crippen molar-refractivity contribution in [2.75, 3.05) is 12.4 Å². The van der Waals surface area contributed by atoms with Crippen LogP contribution in [0.25, 0.3) is 5.69 Å². The Morgan fingerprint density at radius 1 is 1.00 bits per heavy atom. The van der Waals surface area contributed by atoms with Crippen molar-refractivity contribution in [1.82, 2.24) is 14.5 Å². The molecule has 0 unspecified atom stereocenters. The highest BCUT2D eigenvalue weighted by molar-refractivity contribution is 7.89. The maximum Gasteiger partial charge on any atom is 0.255 e. The summed E-state index contributed by atoms with van der Waals surface area (Å²) in [7, 11) is -2.25. The Labute approximate surface area is 164 Å². The zero-order valence-electron chi connectivity index (χ0n) is 16.1. The van der Waals surface area contributed by atoms with Gasteiger partial charge in [0.05, 0.1) is 16.3 Å². The van der Waals surface area contributed by atoms with Crippen LogP contribution in [0.2, 0.25) is 0 Å². The van der Waals surface area contributed by atoms with Crippen LogP contribution in [0.3, 0.4) is 0 Å². The number of hydrogen-bond acceptors (Lipinski definition) is 4. The van der Waals surface area contributed by atoms with E-state index in [1.54, 1.807) is 31.2 Å². The molecule has 0 aliphatic heterocycles. The summed E-state index contributed by atoms with van der Waals surface area (Å²) in [5.41, 5.74) is 4.26. The van der Waals surface area contributed by atoms with Crippen molar-refractivity contribution in [3.05, 3.63) is 71.0 Å². The summed E-state index contributed by atoms with van der Waals surface area (Å²) >= 11 is 0. The van der Waals surface area contributed by atoms with Crippen molar-refractivity contribution >= 4 is 21.6 Å². The number of anilines is 1. The smallest absolute Gasteiger partial charge is 0.255 e. The maximum absolute atomic E-state index is 12.5. The van der Waals surface area contributed by atoms with E-state index in [9.17, 15) is 13.2 Å². The molecule has 2 N–H and O–H groups in total. The van der Waals surface area contributed by atoms with Gasteiger partial charge in [0, 0.05) is 16.9 Å². The number of carbonyl (C=O) groups is 1. The van der Waals surface area contributed by atoms with E-state index >= 15 is 0 Å². The van der Waals surface area contributed by atoms with Crippen LogP contribution in [0.1, 0.15) is 27.3 Å². The van der Waals surface area contributed by atoms with E-state index in [-0.39, 0.29) is 10.8 Å². The summed E-state index contributed by atoms with van der Waals surface area (Å²) in [4.78, 5) is 12.7.